The topological polar surface area (TPSA) is 0 Å². The minimum Gasteiger partial charge on any atom is -0.170 e. The van der Waals surface area contributed by atoms with Gasteiger partial charge in [0.25, 0.3) is 0 Å². The van der Waals surface area contributed by atoms with Crippen LogP contribution in [0.5, 0.6) is 0 Å². The Labute approximate surface area is 45.1 Å². The second-order valence-electron chi connectivity index (χ2n) is 1.18. The van der Waals surface area contributed by atoms with E-state index in [-0.39, 0.29) is 0 Å². The highest BCUT2D eigenvalue weighted by Crippen LogP contribution is 2.23. The monoisotopic (exact) mass is 129 g/mol. The van der Waals surface area contributed by atoms with Crippen LogP contribution >= 0.6 is 12.6 Å². The zero-order valence-corrected chi connectivity index (χ0v) is 4.44. The molecule has 0 unspecified atom stereocenters. The molecule has 0 N–H and O–H groups in total. The lowest BCUT2D eigenvalue weighted by molar-refractivity contribution is -0.124. The van der Waals surface area contributed by atoms with Gasteiger partial charge in [0.15, 0.2) is 0 Å². The van der Waals surface area contributed by atoms with Crippen LogP contribution < -0.4 is 0 Å². The van der Waals surface area contributed by atoms with Crippen LogP contribution in [0, 0.1) is 0 Å². The van der Waals surface area contributed by atoms with E-state index in [4.69, 9.17) is 0 Å². The highest BCUT2D eigenvalue weighted by molar-refractivity contribution is 7.81. The molecule has 4 heteroatoms. The van der Waals surface area contributed by atoms with E-state index < -0.39 is 11.4 Å². The molecule has 0 rings (SSSR count). The average Bonchev–Trinajstić information content (AvgIpc) is 1.31. The first-order valence-corrected chi connectivity index (χ1v) is 2.14. The van der Waals surface area contributed by atoms with Crippen molar-refractivity contribution in [3.8, 4) is 0 Å². The average molecular weight is 129 g/mol. The third kappa shape index (κ3) is 2.79. The second-order valence-corrected chi connectivity index (χ2v) is 1.89. The zero-order chi connectivity index (χ0) is 6.08. The van der Waals surface area contributed by atoms with Gasteiger partial charge in [-0.2, -0.15) is 13.2 Å². The Kier molecular flexibility index (Phi) is 1.98. The SMILES string of the molecule is C[C@H]([S])C(F)(F)F. The third-order valence-corrected chi connectivity index (χ3v) is 0.728. The summed E-state index contributed by atoms with van der Waals surface area (Å²) in [6.45, 7) is 0.940. The van der Waals surface area contributed by atoms with Crippen molar-refractivity contribution in [2.75, 3.05) is 0 Å². The summed E-state index contributed by atoms with van der Waals surface area (Å²) in [5.41, 5.74) is 0. The summed E-state index contributed by atoms with van der Waals surface area (Å²) in [6, 6.07) is 0. The van der Waals surface area contributed by atoms with E-state index in [1.807, 2.05) is 0 Å². The van der Waals surface area contributed by atoms with Gasteiger partial charge in [0.2, 0.25) is 0 Å². The predicted molar refractivity (Wildman–Crippen MR) is 23.1 cm³/mol. The van der Waals surface area contributed by atoms with Gasteiger partial charge in [-0.15, -0.1) is 0 Å². The van der Waals surface area contributed by atoms with Crippen molar-refractivity contribution in [2.24, 2.45) is 0 Å². The van der Waals surface area contributed by atoms with Crippen LogP contribution in [-0.2, 0) is 0 Å². The maximum absolute atomic E-state index is 11.1. The van der Waals surface area contributed by atoms with E-state index in [9.17, 15) is 13.2 Å². The van der Waals surface area contributed by atoms with Gasteiger partial charge in [-0.3, -0.25) is 0 Å². The molecule has 0 aliphatic rings. The summed E-state index contributed by atoms with van der Waals surface area (Å²) >= 11 is 3.89. The molecule has 0 aliphatic heterocycles. The first-order chi connectivity index (χ1) is 2.94. The first-order valence-electron chi connectivity index (χ1n) is 1.67. The smallest absolute Gasteiger partial charge is 0.170 e. The minimum atomic E-state index is -4.19. The Bertz CT molecular complexity index is 55.7. The van der Waals surface area contributed by atoms with Crippen LogP contribution in [0.15, 0.2) is 0 Å². The molecule has 1 atom stereocenters. The Morgan fingerprint density at radius 2 is 1.57 bits per heavy atom. The number of hydrogen-bond acceptors (Lipinski definition) is 0. The van der Waals surface area contributed by atoms with Crippen molar-refractivity contribution in [1.29, 1.82) is 0 Å². The number of hydrogen-bond donors (Lipinski definition) is 0. The van der Waals surface area contributed by atoms with Gasteiger partial charge in [-0.25, -0.2) is 0 Å². The third-order valence-electron chi connectivity index (χ3n) is 0.461. The van der Waals surface area contributed by atoms with Crippen molar-refractivity contribution < 1.29 is 13.2 Å². The Hall–Kier alpha value is 0.140. The largest absolute Gasteiger partial charge is 0.401 e. The van der Waals surface area contributed by atoms with Crippen LogP contribution in [0.25, 0.3) is 0 Å². The van der Waals surface area contributed by atoms with Gasteiger partial charge in [0.1, 0.15) is 5.25 Å². The number of halogens is 3. The summed E-state index contributed by atoms with van der Waals surface area (Å²) in [5.74, 6) is 0. The molecule has 0 spiro atoms. The van der Waals surface area contributed by atoms with Gasteiger partial charge < -0.3 is 0 Å². The molecule has 0 aromatic heterocycles. The van der Waals surface area contributed by atoms with Crippen LogP contribution in [0.4, 0.5) is 13.2 Å². The van der Waals surface area contributed by atoms with Crippen molar-refractivity contribution in [1.82, 2.24) is 0 Å². The number of alkyl halides is 3. The normalized spacial score (nSPS) is 16.7. The molecule has 0 saturated carbocycles. The molecule has 0 heterocycles. The van der Waals surface area contributed by atoms with Crippen LogP contribution in [0.3, 0.4) is 0 Å². The molecule has 0 aromatic rings. The maximum Gasteiger partial charge on any atom is 0.401 e. The van der Waals surface area contributed by atoms with Crippen molar-refractivity contribution >= 4 is 12.6 Å². The summed E-state index contributed by atoms with van der Waals surface area (Å²) in [6.07, 6.45) is -4.19. The lowest BCUT2D eigenvalue weighted by Crippen LogP contribution is -2.19. The molecule has 0 aliphatic carbocycles. The Morgan fingerprint density at radius 1 is 1.43 bits per heavy atom. The van der Waals surface area contributed by atoms with E-state index in [0.717, 1.165) is 6.92 Å². The molecule has 7 heavy (non-hydrogen) atoms. The second kappa shape index (κ2) is 1.94. The van der Waals surface area contributed by atoms with E-state index in [2.05, 4.69) is 12.6 Å². The molecule has 0 fully saturated rings. The molecule has 1 radical (unpaired) electrons. The lowest BCUT2D eigenvalue weighted by atomic mass is 10.5. The van der Waals surface area contributed by atoms with E-state index in [1.54, 1.807) is 0 Å². The molecule has 0 saturated heterocycles. The predicted octanol–water partition coefficient (Wildman–Crippen LogP) is 2.13. The lowest BCUT2D eigenvalue weighted by Gasteiger charge is -2.05. The zero-order valence-electron chi connectivity index (χ0n) is 3.62. The van der Waals surface area contributed by atoms with Crippen LogP contribution in [0.1, 0.15) is 6.92 Å². The fourth-order valence-electron chi connectivity index (χ4n) is 0. The summed E-state index contributed by atoms with van der Waals surface area (Å²) < 4.78 is 33.2. The quantitative estimate of drug-likeness (QED) is 0.470. The molecular weight excluding hydrogens is 125 g/mol. The van der Waals surface area contributed by atoms with E-state index in [0.29, 0.717) is 0 Å². The van der Waals surface area contributed by atoms with Gasteiger partial charge in [0.05, 0.1) is 0 Å². The standard InChI is InChI=1S/C3H4F3S/c1-2(7)3(4,5)6/h2H,1H3/t2-/m0/s1. The summed E-state index contributed by atoms with van der Waals surface area (Å²) in [7, 11) is 0. The number of rotatable bonds is 0. The van der Waals surface area contributed by atoms with Crippen molar-refractivity contribution in [3.63, 3.8) is 0 Å². The maximum atomic E-state index is 11.1. The minimum absolute atomic E-state index is 0.940. The molecule has 0 nitrogen and oxygen atoms in total. The molecule has 43 valence electrons. The van der Waals surface area contributed by atoms with E-state index >= 15 is 0 Å². The fourth-order valence-corrected chi connectivity index (χ4v) is 0. The fraction of sp³-hybridized carbons (Fsp3) is 1.00. The van der Waals surface area contributed by atoms with Crippen molar-refractivity contribution in [2.45, 2.75) is 18.3 Å². The van der Waals surface area contributed by atoms with Gasteiger partial charge in [-0.1, -0.05) is 12.6 Å². The molecule has 0 bridgehead atoms. The molecule has 0 amide bonds. The Morgan fingerprint density at radius 3 is 1.57 bits per heavy atom. The van der Waals surface area contributed by atoms with Crippen molar-refractivity contribution in [3.05, 3.63) is 0 Å². The molecular formula is C3H4F3S. The van der Waals surface area contributed by atoms with Gasteiger partial charge in [-0.05, 0) is 6.92 Å². The van der Waals surface area contributed by atoms with E-state index in [1.165, 1.54) is 0 Å². The first kappa shape index (κ1) is 7.14. The summed E-state index contributed by atoms with van der Waals surface area (Å²) in [4.78, 5) is 0. The van der Waals surface area contributed by atoms with Gasteiger partial charge in [0, 0.05) is 0 Å². The highest BCUT2D eigenvalue weighted by atomic mass is 32.1. The molecule has 0 aromatic carbocycles. The summed E-state index contributed by atoms with van der Waals surface area (Å²) in [5, 5.41) is -1.62. The van der Waals surface area contributed by atoms with Crippen LogP contribution in [-0.4, -0.2) is 11.4 Å². The van der Waals surface area contributed by atoms with Crippen LogP contribution in [0.2, 0.25) is 0 Å². The Balaban J connectivity index is 3.54. The van der Waals surface area contributed by atoms with Gasteiger partial charge >= 0.3 is 6.18 Å². The highest BCUT2D eigenvalue weighted by Gasteiger charge is 2.33.